The monoisotopic (exact) mass is 281 g/mol. The fourth-order valence-corrected chi connectivity index (χ4v) is 1.78. The van der Waals surface area contributed by atoms with Gasteiger partial charge in [0.1, 0.15) is 5.57 Å². The molecular weight excluding hydrogens is 266 g/mol. The van der Waals surface area contributed by atoms with Crippen LogP contribution in [0.3, 0.4) is 0 Å². The highest BCUT2D eigenvalue weighted by Crippen LogP contribution is 2.13. The maximum absolute atomic E-state index is 12.5. The van der Waals surface area contributed by atoms with Crippen LogP contribution in [0, 0.1) is 0 Å². The molecule has 2 rings (SSSR count). The van der Waals surface area contributed by atoms with E-state index in [4.69, 9.17) is 4.74 Å². The molecule has 1 aromatic heterocycles. The summed E-state index contributed by atoms with van der Waals surface area (Å²) in [5.41, 5.74) is 0.944. The number of benzene rings is 1. The molecule has 0 radical (unpaired) electrons. The molecule has 0 fully saturated rings. The summed E-state index contributed by atoms with van der Waals surface area (Å²) in [6.07, 6.45) is 3.05. The lowest BCUT2D eigenvalue weighted by Gasteiger charge is -2.06. The topological polar surface area (TPSA) is 56.3 Å². The van der Waals surface area contributed by atoms with Crippen LogP contribution in [0.15, 0.2) is 60.3 Å². The SMILES string of the molecule is CCOC(=O)C(=Cc1ccccn1)C(=O)c1ccccc1. The van der Waals surface area contributed by atoms with Crippen molar-refractivity contribution in [2.45, 2.75) is 6.92 Å². The largest absolute Gasteiger partial charge is 0.462 e. The fourth-order valence-electron chi connectivity index (χ4n) is 1.78. The van der Waals surface area contributed by atoms with Crippen LogP contribution in [-0.2, 0) is 9.53 Å². The van der Waals surface area contributed by atoms with Gasteiger partial charge in [-0.2, -0.15) is 0 Å². The summed E-state index contributed by atoms with van der Waals surface area (Å²) in [4.78, 5) is 28.6. The molecule has 0 saturated heterocycles. The average Bonchev–Trinajstić information content (AvgIpc) is 2.54. The summed E-state index contributed by atoms with van der Waals surface area (Å²) in [5.74, 6) is -1.02. The summed E-state index contributed by atoms with van der Waals surface area (Å²) in [5, 5.41) is 0. The van der Waals surface area contributed by atoms with Crippen molar-refractivity contribution >= 4 is 17.8 Å². The van der Waals surface area contributed by atoms with Gasteiger partial charge in [-0.15, -0.1) is 0 Å². The van der Waals surface area contributed by atoms with Crippen molar-refractivity contribution in [2.75, 3.05) is 6.61 Å². The standard InChI is InChI=1S/C17H15NO3/c1-2-21-17(20)15(12-14-10-6-7-11-18-14)16(19)13-8-4-3-5-9-13/h3-12H,2H2,1H3. The van der Waals surface area contributed by atoms with E-state index in [0.717, 1.165) is 0 Å². The number of aromatic nitrogens is 1. The fraction of sp³-hybridized carbons (Fsp3) is 0.118. The van der Waals surface area contributed by atoms with Crippen LogP contribution in [0.2, 0.25) is 0 Å². The number of ketones is 1. The number of rotatable bonds is 5. The van der Waals surface area contributed by atoms with E-state index in [1.807, 2.05) is 6.07 Å². The molecule has 4 nitrogen and oxygen atoms in total. The van der Waals surface area contributed by atoms with E-state index in [2.05, 4.69) is 4.98 Å². The Hall–Kier alpha value is -2.75. The van der Waals surface area contributed by atoms with E-state index >= 15 is 0 Å². The minimum absolute atomic E-state index is 0.0262. The van der Waals surface area contributed by atoms with Crippen LogP contribution in [-0.4, -0.2) is 23.3 Å². The second kappa shape index (κ2) is 7.14. The van der Waals surface area contributed by atoms with E-state index in [9.17, 15) is 9.59 Å². The minimum Gasteiger partial charge on any atom is -0.462 e. The number of esters is 1. The maximum atomic E-state index is 12.5. The molecular formula is C17H15NO3. The number of hydrogen-bond acceptors (Lipinski definition) is 4. The van der Waals surface area contributed by atoms with Crippen LogP contribution in [0.1, 0.15) is 23.0 Å². The third kappa shape index (κ3) is 3.86. The van der Waals surface area contributed by atoms with Crippen LogP contribution in [0.25, 0.3) is 6.08 Å². The third-order valence-electron chi connectivity index (χ3n) is 2.76. The minimum atomic E-state index is -0.642. The Kier molecular flexibility index (Phi) is 4.99. The van der Waals surface area contributed by atoms with Crippen molar-refractivity contribution in [3.8, 4) is 0 Å². The van der Waals surface area contributed by atoms with Gasteiger partial charge in [-0.3, -0.25) is 9.78 Å². The van der Waals surface area contributed by atoms with E-state index < -0.39 is 5.97 Å². The highest BCUT2D eigenvalue weighted by Gasteiger charge is 2.21. The molecule has 0 aliphatic rings. The van der Waals surface area contributed by atoms with Crippen molar-refractivity contribution in [1.82, 2.24) is 4.98 Å². The highest BCUT2D eigenvalue weighted by atomic mass is 16.5. The quantitative estimate of drug-likeness (QED) is 0.278. The molecule has 0 aliphatic carbocycles. The highest BCUT2D eigenvalue weighted by molar-refractivity contribution is 6.26. The van der Waals surface area contributed by atoms with Crippen LogP contribution in [0.4, 0.5) is 0 Å². The van der Waals surface area contributed by atoms with Crippen LogP contribution < -0.4 is 0 Å². The predicted octanol–water partition coefficient (Wildman–Crippen LogP) is 2.91. The summed E-state index contributed by atoms with van der Waals surface area (Å²) in [6, 6.07) is 13.9. The van der Waals surface area contributed by atoms with Crippen molar-refractivity contribution in [2.24, 2.45) is 0 Å². The zero-order chi connectivity index (χ0) is 15.1. The van der Waals surface area contributed by atoms with Crippen molar-refractivity contribution in [1.29, 1.82) is 0 Å². The molecule has 2 aromatic rings. The molecule has 0 N–H and O–H groups in total. The Balaban J connectivity index is 2.40. The van der Waals surface area contributed by atoms with Gasteiger partial charge in [-0.1, -0.05) is 36.4 Å². The lowest BCUT2D eigenvalue weighted by atomic mass is 10.0. The van der Waals surface area contributed by atoms with Gasteiger partial charge >= 0.3 is 5.97 Å². The van der Waals surface area contributed by atoms with Crippen molar-refractivity contribution < 1.29 is 14.3 Å². The first kappa shape index (κ1) is 14.7. The molecule has 0 aliphatic heterocycles. The van der Waals surface area contributed by atoms with Gasteiger partial charge in [0.2, 0.25) is 0 Å². The molecule has 0 bridgehead atoms. The van der Waals surface area contributed by atoms with Gasteiger partial charge in [0.05, 0.1) is 12.3 Å². The molecule has 0 amide bonds. The molecule has 0 saturated carbocycles. The number of Topliss-reactive ketones (excluding diaryl/α,β-unsaturated/α-hetero) is 1. The molecule has 0 atom stereocenters. The normalized spacial score (nSPS) is 11.0. The molecule has 0 unspecified atom stereocenters. The van der Waals surface area contributed by atoms with Crippen molar-refractivity contribution in [3.63, 3.8) is 0 Å². The van der Waals surface area contributed by atoms with E-state index in [1.54, 1.807) is 55.6 Å². The Labute approximate surface area is 123 Å². The van der Waals surface area contributed by atoms with E-state index in [1.165, 1.54) is 6.08 Å². The van der Waals surface area contributed by atoms with Crippen LogP contribution in [0.5, 0.6) is 0 Å². The number of carbonyl (C=O) groups is 2. The Morgan fingerprint density at radius 3 is 2.43 bits per heavy atom. The maximum Gasteiger partial charge on any atom is 0.342 e. The van der Waals surface area contributed by atoms with Crippen molar-refractivity contribution in [3.05, 3.63) is 71.6 Å². The zero-order valence-electron chi connectivity index (χ0n) is 11.7. The van der Waals surface area contributed by atoms with Gasteiger partial charge < -0.3 is 4.74 Å². The van der Waals surface area contributed by atoms with Crippen LogP contribution >= 0.6 is 0 Å². The summed E-state index contributed by atoms with van der Waals surface area (Å²) in [7, 11) is 0. The number of nitrogens with zero attached hydrogens (tertiary/aromatic N) is 1. The molecule has 21 heavy (non-hydrogen) atoms. The number of hydrogen-bond donors (Lipinski definition) is 0. The second-order valence-electron chi connectivity index (χ2n) is 4.23. The van der Waals surface area contributed by atoms with E-state index in [0.29, 0.717) is 11.3 Å². The first-order valence-corrected chi connectivity index (χ1v) is 6.62. The lowest BCUT2D eigenvalue weighted by Crippen LogP contribution is -2.16. The first-order valence-electron chi connectivity index (χ1n) is 6.62. The number of ether oxygens (including phenoxy) is 1. The Bertz CT molecular complexity index is 648. The number of pyridine rings is 1. The van der Waals surface area contributed by atoms with Gasteiger partial charge in [0.25, 0.3) is 0 Å². The first-order chi connectivity index (χ1) is 10.2. The Morgan fingerprint density at radius 2 is 1.81 bits per heavy atom. The smallest absolute Gasteiger partial charge is 0.342 e. The molecule has 1 aromatic carbocycles. The summed E-state index contributed by atoms with van der Waals surface area (Å²) >= 11 is 0. The van der Waals surface area contributed by atoms with Gasteiger partial charge in [0, 0.05) is 11.8 Å². The lowest BCUT2D eigenvalue weighted by molar-refractivity contribution is -0.137. The molecule has 4 heteroatoms. The number of carbonyl (C=O) groups excluding carboxylic acids is 2. The van der Waals surface area contributed by atoms with Gasteiger partial charge in [0.15, 0.2) is 5.78 Å². The Morgan fingerprint density at radius 1 is 1.10 bits per heavy atom. The predicted molar refractivity (Wildman–Crippen MR) is 79.6 cm³/mol. The summed E-state index contributed by atoms with van der Waals surface area (Å²) in [6.45, 7) is 1.91. The molecule has 1 heterocycles. The second-order valence-corrected chi connectivity index (χ2v) is 4.23. The molecule has 0 spiro atoms. The average molecular weight is 281 g/mol. The summed E-state index contributed by atoms with van der Waals surface area (Å²) < 4.78 is 4.96. The molecule has 106 valence electrons. The third-order valence-corrected chi connectivity index (χ3v) is 2.76. The zero-order valence-corrected chi connectivity index (χ0v) is 11.7. The van der Waals surface area contributed by atoms with E-state index in [-0.39, 0.29) is 18.0 Å². The van der Waals surface area contributed by atoms with Gasteiger partial charge in [-0.05, 0) is 25.1 Å². The van der Waals surface area contributed by atoms with Gasteiger partial charge in [-0.25, -0.2) is 4.79 Å².